The van der Waals surface area contributed by atoms with Crippen LogP contribution in [0.3, 0.4) is 0 Å². The van der Waals surface area contributed by atoms with E-state index in [-0.39, 0.29) is 12.3 Å². The van der Waals surface area contributed by atoms with Crippen LogP contribution in [-0.4, -0.2) is 43.4 Å². The topological polar surface area (TPSA) is 32.3 Å². The largest absolute Gasteiger partial charge is 0.350 e. The first-order valence-corrected chi connectivity index (χ1v) is 4.68. The quantitative estimate of drug-likeness (QED) is 0.709. The molecule has 0 aromatic carbocycles. The molecular formula is C9H18F2N2O. The Morgan fingerprint density at radius 3 is 2.43 bits per heavy atom. The second kappa shape index (κ2) is 6.70. The Labute approximate surface area is 83.5 Å². The van der Waals surface area contributed by atoms with E-state index in [9.17, 15) is 13.6 Å². The Hall–Kier alpha value is -0.710. The van der Waals surface area contributed by atoms with Gasteiger partial charge in [-0.1, -0.05) is 0 Å². The lowest BCUT2D eigenvalue weighted by Crippen LogP contribution is -2.34. The highest BCUT2D eigenvalue weighted by atomic mass is 19.3. The zero-order chi connectivity index (χ0) is 11.1. The van der Waals surface area contributed by atoms with Gasteiger partial charge in [0.2, 0.25) is 5.91 Å². The number of hydrogen-bond acceptors (Lipinski definition) is 2. The third-order valence-corrected chi connectivity index (χ3v) is 2.03. The monoisotopic (exact) mass is 208 g/mol. The van der Waals surface area contributed by atoms with Gasteiger partial charge in [0.1, 0.15) is 0 Å². The molecule has 1 N–H and O–H groups in total. The smallest absolute Gasteiger partial charge is 0.255 e. The van der Waals surface area contributed by atoms with Crippen molar-refractivity contribution < 1.29 is 13.6 Å². The van der Waals surface area contributed by atoms with Crippen molar-refractivity contribution in [2.75, 3.05) is 20.1 Å². The summed E-state index contributed by atoms with van der Waals surface area (Å²) in [5.74, 6) is -0.321. The summed E-state index contributed by atoms with van der Waals surface area (Å²) in [6.07, 6.45) is -2.21. The highest BCUT2D eigenvalue weighted by Crippen LogP contribution is 1.95. The fourth-order valence-electron chi connectivity index (χ4n) is 0.815. The van der Waals surface area contributed by atoms with E-state index in [1.165, 1.54) is 0 Å². The number of rotatable bonds is 6. The predicted molar refractivity (Wildman–Crippen MR) is 51.4 cm³/mol. The lowest BCUT2D eigenvalue weighted by molar-refractivity contribution is -0.122. The number of alkyl halides is 2. The maximum atomic E-state index is 11.7. The van der Waals surface area contributed by atoms with E-state index < -0.39 is 13.0 Å². The summed E-state index contributed by atoms with van der Waals surface area (Å²) in [6, 6.07) is 0.359. The van der Waals surface area contributed by atoms with Crippen molar-refractivity contribution in [3.8, 4) is 0 Å². The number of nitrogens with zero attached hydrogens (tertiary/aromatic N) is 1. The van der Waals surface area contributed by atoms with Crippen LogP contribution in [-0.2, 0) is 4.79 Å². The van der Waals surface area contributed by atoms with Crippen LogP contribution < -0.4 is 5.32 Å². The van der Waals surface area contributed by atoms with Gasteiger partial charge in [-0.2, -0.15) is 0 Å². The summed E-state index contributed by atoms with van der Waals surface area (Å²) in [7, 11) is 1.89. The van der Waals surface area contributed by atoms with Gasteiger partial charge < -0.3 is 10.2 Å². The molecule has 0 unspecified atom stereocenters. The fraction of sp³-hybridized carbons (Fsp3) is 0.889. The van der Waals surface area contributed by atoms with Crippen molar-refractivity contribution in [3.63, 3.8) is 0 Å². The minimum atomic E-state index is -2.47. The highest BCUT2D eigenvalue weighted by molar-refractivity contribution is 5.76. The van der Waals surface area contributed by atoms with Gasteiger partial charge in [-0.3, -0.25) is 4.79 Å². The van der Waals surface area contributed by atoms with Crippen molar-refractivity contribution in [2.24, 2.45) is 0 Å². The third-order valence-electron chi connectivity index (χ3n) is 2.03. The third kappa shape index (κ3) is 6.77. The van der Waals surface area contributed by atoms with Gasteiger partial charge in [-0.05, 0) is 20.9 Å². The number of halogens is 2. The molecule has 3 nitrogen and oxygen atoms in total. The Bertz CT molecular complexity index is 174. The van der Waals surface area contributed by atoms with Crippen LogP contribution in [0.4, 0.5) is 8.78 Å². The maximum Gasteiger partial charge on any atom is 0.255 e. The van der Waals surface area contributed by atoms with Crippen molar-refractivity contribution in [1.82, 2.24) is 10.2 Å². The molecule has 14 heavy (non-hydrogen) atoms. The molecule has 0 aliphatic heterocycles. The maximum absolute atomic E-state index is 11.7. The molecule has 0 rings (SSSR count). The summed E-state index contributed by atoms with van der Waals surface area (Å²) in [5.41, 5.74) is 0. The van der Waals surface area contributed by atoms with E-state index in [2.05, 4.69) is 5.32 Å². The first-order chi connectivity index (χ1) is 6.43. The van der Waals surface area contributed by atoms with Crippen molar-refractivity contribution in [1.29, 1.82) is 0 Å². The van der Waals surface area contributed by atoms with Gasteiger partial charge in [0.15, 0.2) is 0 Å². The van der Waals surface area contributed by atoms with Gasteiger partial charge in [-0.15, -0.1) is 0 Å². The highest BCUT2D eigenvalue weighted by Gasteiger charge is 2.08. The van der Waals surface area contributed by atoms with Crippen molar-refractivity contribution in [2.45, 2.75) is 32.7 Å². The number of amides is 1. The standard InChI is InChI=1S/C9H18F2N2O/c1-7(2)13(3)5-4-9(14)12-6-8(10)11/h7-8H,4-6H2,1-3H3,(H,12,14). The van der Waals surface area contributed by atoms with E-state index in [0.717, 1.165) is 0 Å². The molecule has 0 spiro atoms. The molecule has 0 bridgehead atoms. The van der Waals surface area contributed by atoms with E-state index in [1.54, 1.807) is 0 Å². The lowest BCUT2D eigenvalue weighted by Gasteiger charge is -2.20. The molecule has 0 fully saturated rings. The van der Waals surface area contributed by atoms with Crippen LogP contribution >= 0.6 is 0 Å². The molecule has 1 amide bonds. The summed E-state index contributed by atoms with van der Waals surface area (Å²) in [5, 5.41) is 2.16. The zero-order valence-electron chi connectivity index (χ0n) is 8.89. The van der Waals surface area contributed by atoms with Gasteiger partial charge in [0, 0.05) is 19.0 Å². The Balaban J connectivity index is 3.54. The van der Waals surface area contributed by atoms with Crippen LogP contribution in [0.1, 0.15) is 20.3 Å². The molecule has 0 saturated heterocycles. The van der Waals surface area contributed by atoms with Crippen LogP contribution in [0.25, 0.3) is 0 Å². The van der Waals surface area contributed by atoms with E-state index in [1.807, 2.05) is 25.8 Å². The molecule has 84 valence electrons. The van der Waals surface area contributed by atoms with Gasteiger partial charge in [-0.25, -0.2) is 8.78 Å². The fourth-order valence-corrected chi connectivity index (χ4v) is 0.815. The van der Waals surface area contributed by atoms with E-state index in [0.29, 0.717) is 12.6 Å². The molecule has 0 aromatic rings. The molecule has 0 atom stereocenters. The first-order valence-electron chi connectivity index (χ1n) is 4.68. The Morgan fingerprint density at radius 2 is 2.00 bits per heavy atom. The van der Waals surface area contributed by atoms with Crippen LogP contribution in [0, 0.1) is 0 Å². The van der Waals surface area contributed by atoms with Crippen LogP contribution in [0.5, 0.6) is 0 Å². The van der Waals surface area contributed by atoms with Crippen molar-refractivity contribution in [3.05, 3.63) is 0 Å². The second-order valence-corrected chi connectivity index (χ2v) is 3.52. The van der Waals surface area contributed by atoms with Gasteiger partial charge in [0.25, 0.3) is 6.43 Å². The first kappa shape index (κ1) is 13.3. The number of carbonyl (C=O) groups is 1. The molecular weight excluding hydrogens is 190 g/mol. The molecule has 0 saturated carbocycles. The zero-order valence-corrected chi connectivity index (χ0v) is 8.89. The minimum absolute atomic E-state index is 0.265. The molecule has 0 radical (unpaired) electrons. The van der Waals surface area contributed by atoms with Crippen molar-refractivity contribution >= 4 is 5.91 Å². The molecule has 0 aromatic heterocycles. The van der Waals surface area contributed by atoms with Crippen LogP contribution in [0.15, 0.2) is 0 Å². The Kier molecular flexibility index (Phi) is 6.36. The second-order valence-electron chi connectivity index (χ2n) is 3.52. The SMILES string of the molecule is CC(C)N(C)CCC(=O)NCC(F)F. The normalized spacial score (nSPS) is 11.4. The number of nitrogens with one attached hydrogen (secondary N) is 1. The molecule has 0 aliphatic carbocycles. The lowest BCUT2D eigenvalue weighted by atomic mass is 10.3. The molecule has 0 heterocycles. The van der Waals surface area contributed by atoms with Crippen LogP contribution in [0.2, 0.25) is 0 Å². The average molecular weight is 208 g/mol. The van der Waals surface area contributed by atoms with E-state index >= 15 is 0 Å². The summed E-state index contributed by atoms with van der Waals surface area (Å²) >= 11 is 0. The summed E-state index contributed by atoms with van der Waals surface area (Å²) < 4.78 is 23.4. The minimum Gasteiger partial charge on any atom is -0.350 e. The number of carbonyl (C=O) groups excluding carboxylic acids is 1. The average Bonchev–Trinajstić information content (AvgIpc) is 2.10. The van der Waals surface area contributed by atoms with Gasteiger partial charge >= 0.3 is 0 Å². The predicted octanol–water partition coefficient (Wildman–Crippen LogP) is 1.10. The Morgan fingerprint density at radius 1 is 1.43 bits per heavy atom. The molecule has 0 aliphatic rings. The molecule has 5 heteroatoms. The summed E-state index contributed by atoms with van der Waals surface area (Å²) in [6.45, 7) is 4.06. The summed E-state index contributed by atoms with van der Waals surface area (Å²) in [4.78, 5) is 13.0. The van der Waals surface area contributed by atoms with Gasteiger partial charge in [0.05, 0.1) is 6.54 Å². The number of hydrogen-bond donors (Lipinski definition) is 1. The van der Waals surface area contributed by atoms with E-state index in [4.69, 9.17) is 0 Å².